The molecule has 0 aliphatic heterocycles. The van der Waals surface area contributed by atoms with Gasteiger partial charge in [0.2, 0.25) is 0 Å². The van der Waals surface area contributed by atoms with Gasteiger partial charge in [0.25, 0.3) is 0 Å². The van der Waals surface area contributed by atoms with Crippen molar-refractivity contribution < 1.29 is 0 Å². The summed E-state index contributed by atoms with van der Waals surface area (Å²) >= 11 is 3.52. The lowest BCUT2D eigenvalue weighted by Crippen LogP contribution is -2.15. The van der Waals surface area contributed by atoms with Gasteiger partial charge in [0.15, 0.2) is 5.82 Å². The van der Waals surface area contributed by atoms with Crippen molar-refractivity contribution in [3.63, 3.8) is 0 Å². The molecule has 1 aromatic carbocycles. The monoisotopic (exact) mass is 308 g/mol. The molecule has 0 spiro atoms. The molecule has 0 bridgehead atoms. The summed E-state index contributed by atoms with van der Waals surface area (Å²) in [6, 6.07) is 6.06. The Balaban J connectivity index is 2.50. The zero-order valence-corrected chi connectivity index (χ0v) is 12.2. The molecule has 96 valence electrons. The van der Waals surface area contributed by atoms with E-state index in [1.165, 1.54) is 10.2 Å². The van der Waals surface area contributed by atoms with E-state index in [9.17, 15) is 0 Å². The van der Waals surface area contributed by atoms with Gasteiger partial charge in [-0.1, -0.05) is 35.0 Å². The number of rotatable bonds is 3. The predicted molar refractivity (Wildman–Crippen MR) is 78.7 cm³/mol. The Morgan fingerprint density at radius 2 is 2.11 bits per heavy atom. The molecular weight excluding hydrogens is 292 g/mol. The highest BCUT2D eigenvalue weighted by molar-refractivity contribution is 9.10. The quantitative estimate of drug-likeness (QED) is 0.857. The van der Waals surface area contributed by atoms with E-state index in [1.54, 1.807) is 0 Å². The highest BCUT2D eigenvalue weighted by Gasteiger charge is 2.14. The lowest BCUT2D eigenvalue weighted by Gasteiger charge is -2.03. The Labute approximate surface area is 115 Å². The Morgan fingerprint density at radius 3 is 2.72 bits per heavy atom. The summed E-state index contributed by atoms with van der Waals surface area (Å²) in [5.74, 6) is 7.24. The van der Waals surface area contributed by atoms with Crippen LogP contribution < -0.4 is 11.6 Å². The second kappa shape index (κ2) is 5.02. The maximum Gasteiger partial charge on any atom is 0.150 e. The molecule has 0 aliphatic carbocycles. The summed E-state index contributed by atoms with van der Waals surface area (Å²) < 4.78 is 2.52. The van der Waals surface area contributed by atoms with Crippen molar-refractivity contribution >= 4 is 21.7 Å². The maximum absolute atomic E-state index is 6.01. The van der Waals surface area contributed by atoms with Gasteiger partial charge in [0.1, 0.15) is 11.5 Å². The molecule has 2 aromatic rings. The molecule has 4 N–H and O–H groups in total. The van der Waals surface area contributed by atoms with Crippen LogP contribution in [-0.2, 0) is 6.42 Å². The largest absolute Gasteiger partial charge is 0.382 e. The Kier molecular flexibility index (Phi) is 3.61. The predicted octanol–water partition coefficient (Wildman–Crippen LogP) is 2.87. The summed E-state index contributed by atoms with van der Waals surface area (Å²) in [6.07, 6.45) is 1.82. The van der Waals surface area contributed by atoms with E-state index >= 15 is 0 Å². The van der Waals surface area contributed by atoms with Crippen LogP contribution in [0.1, 0.15) is 24.7 Å². The zero-order chi connectivity index (χ0) is 13.3. The third-order valence-corrected chi connectivity index (χ3v) is 3.79. The van der Waals surface area contributed by atoms with Crippen LogP contribution in [0.15, 0.2) is 22.7 Å². The van der Waals surface area contributed by atoms with Crippen molar-refractivity contribution in [3.05, 3.63) is 34.1 Å². The first-order valence-corrected chi connectivity index (χ1v) is 6.72. The lowest BCUT2D eigenvalue weighted by molar-refractivity contribution is 0.794. The minimum atomic E-state index is 0.509. The standard InChI is InChI=1S/C13H17BrN4/c1-3-4-11-17-12(13(15)18(11)16)9-6-5-8(2)10(14)7-9/h5-7H,3-4,15-16H2,1-2H3. The zero-order valence-electron chi connectivity index (χ0n) is 10.6. The Morgan fingerprint density at radius 1 is 1.39 bits per heavy atom. The number of aromatic nitrogens is 2. The van der Waals surface area contributed by atoms with Gasteiger partial charge in [-0.3, -0.25) is 0 Å². The Bertz CT molecular complexity index is 575. The molecule has 0 aliphatic rings. The summed E-state index contributed by atoms with van der Waals surface area (Å²) in [4.78, 5) is 4.53. The normalized spacial score (nSPS) is 10.8. The van der Waals surface area contributed by atoms with E-state index in [0.29, 0.717) is 5.82 Å². The minimum Gasteiger partial charge on any atom is -0.382 e. The fourth-order valence-electron chi connectivity index (χ4n) is 1.85. The average Bonchev–Trinajstić information content (AvgIpc) is 2.62. The molecule has 0 amide bonds. The summed E-state index contributed by atoms with van der Waals surface area (Å²) in [7, 11) is 0. The number of aryl methyl sites for hydroxylation is 2. The van der Waals surface area contributed by atoms with Gasteiger partial charge in [-0.15, -0.1) is 0 Å². The van der Waals surface area contributed by atoms with Gasteiger partial charge in [-0.05, 0) is 25.0 Å². The van der Waals surface area contributed by atoms with Crippen LogP contribution in [-0.4, -0.2) is 9.66 Å². The fraction of sp³-hybridized carbons (Fsp3) is 0.308. The highest BCUT2D eigenvalue weighted by Crippen LogP contribution is 2.29. The van der Waals surface area contributed by atoms with Gasteiger partial charge in [-0.25, -0.2) is 9.66 Å². The van der Waals surface area contributed by atoms with E-state index in [1.807, 2.05) is 25.1 Å². The van der Waals surface area contributed by atoms with Crippen molar-refractivity contribution in [2.24, 2.45) is 0 Å². The SMILES string of the molecule is CCCc1nc(-c2ccc(C)c(Br)c2)c(N)n1N. The number of imidazole rings is 1. The lowest BCUT2D eigenvalue weighted by atomic mass is 10.1. The van der Waals surface area contributed by atoms with E-state index < -0.39 is 0 Å². The number of anilines is 1. The van der Waals surface area contributed by atoms with Gasteiger partial charge < -0.3 is 11.6 Å². The summed E-state index contributed by atoms with van der Waals surface area (Å²) in [5, 5.41) is 0. The Hall–Kier alpha value is -1.49. The third kappa shape index (κ3) is 2.22. The van der Waals surface area contributed by atoms with E-state index in [4.69, 9.17) is 11.6 Å². The third-order valence-electron chi connectivity index (χ3n) is 2.94. The van der Waals surface area contributed by atoms with Crippen LogP contribution >= 0.6 is 15.9 Å². The van der Waals surface area contributed by atoms with Gasteiger partial charge in [0, 0.05) is 16.5 Å². The first-order valence-electron chi connectivity index (χ1n) is 5.93. The van der Waals surface area contributed by atoms with Crippen molar-refractivity contribution in [2.75, 3.05) is 11.6 Å². The summed E-state index contributed by atoms with van der Waals surface area (Å²) in [5.41, 5.74) is 8.92. The first-order chi connectivity index (χ1) is 8.54. The van der Waals surface area contributed by atoms with Crippen molar-refractivity contribution in [1.82, 2.24) is 9.66 Å². The molecule has 18 heavy (non-hydrogen) atoms. The van der Waals surface area contributed by atoms with Gasteiger partial charge in [0.05, 0.1) is 0 Å². The molecule has 4 nitrogen and oxygen atoms in total. The molecule has 5 heteroatoms. The average molecular weight is 309 g/mol. The number of benzene rings is 1. The van der Waals surface area contributed by atoms with Crippen LogP contribution in [0.2, 0.25) is 0 Å². The van der Waals surface area contributed by atoms with Crippen LogP contribution in [0.4, 0.5) is 5.82 Å². The van der Waals surface area contributed by atoms with E-state index in [-0.39, 0.29) is 0 Å². The second-order valence-electron chi connectivity index (χ2n) is 4.35. The number of nitrogen functional groups attached to an aromatic ring is 2. The molecule has 0 fully saturated rings. The minimum absolute atomic E-state index is 0.509. The van der Waals surface area contributed by atoms with Crippen LogP contribution in [0.25, 0.3) is 11.3 Å². The fourth-order valence-corrected chi connectivity index (χ4v) is 2.22. The summed E-state index contributed by atoms with van der Waals surface area (Å²) in [6.45, 7) is 4.13. The van der Waals surface area contributed by atoms with Crippen LogP contribution in [0, 0.1) is 6.92 Å². The molecule has 0 radical (unpaired) electrons. The number of nitrogens with two attached hydrogens (primary N) is 2. The van der Waals surface area contributed by atoms with Gasteiger partial charge in [-0.2, -0.15) is 0 Å². The van der Waals surface area contributed by atoms with Crippen LogP contribution in [0.5, 0.6) is 0 Å². The molecular formula is C13H17BrN4. The number of hydrogen-bond donors (Lipinski definition) is 2. The molecule has 0 atom stereocenters. The van der Waals surface area contributed by atoms with Crippen molar-refractivity contribution in [3.8, 4) is 11.3 Å². The molecule has 1 aromatic heterocycles. The first kappa shape index (κ1) is 13.0. The topological polar surface area (TPSA) is 69.9 Å². The van der Waals surface area contributed by atoms with Gasteiger partial charge >= 0.3 is 0 Å². The number of nitrogens with zero attached hydrogens (tertiary/aromatic N) is 2. The van der Waals surface area contributed by atoms with E-state index in [2.05, 4.69) is 27.8 Å². The highest BCUT2D eigenvalue weighted by atomic mass is 79.9. The maximum atomic E-state index is 6.01. The molecule has 0 unspecified atom stereocenters. The molecule has 0 saturated carbocycles. The molecule has 0 saturated heterocycles. The van der Waals surface area contributed by atoms with Crippen molar-refractivity contribution in [2.45, 2.75) is 26.7 Å². The van der Waals surface area contributed by atoms with Crippen LogP contribution in [0.3, 0.4) is 0 Å². The molecule has 2 rings (SSSR count). The smallest absolute Gasteiger partial charge is 0.150 e. The molecule has 1 heterocycles. The number of halogens is 1. The van der Waals surface area contributed by atoms with E-state index in [0.717, 1.165) is 34.4 Å². The second-order valence-corrected chi connectivity index (χ2v) is 5.20. The van der Waals surface area contributed by atoms with Crippen molar-refractivity contribution in [1.29, 1.82) is 0 Å². The number of hydrogen-bond acceptors (Lipinski definition) is 3.